The number of hydrogen-bond acceptors (Lipinski definition) is 7. The maximum Gasteiger partial charge on any atom is 0.430 e. The summed E-state index contributed by atoms with van der Waals surface area (Å²) < 4.78 is 62.6. The number of alkyl halides is 3. The Kier molecular flexibility index (Phi) is 9.66. The van der Waals surface area contributed by atoms with Crippen LogP contribution in [0.1, 0.15) is 47.1 Å². The van der Waals surface area contributed by atoms with E-state index in [-0.39, 0.29) is 0 Å². The summed E-state index contributed by atoms with van der Waals surface area (Å²) in [6.07, 6.45) is -5.18. The highest BCUT2D eigenvalue weighted by atomic mass is 19.4. The number of halogens is 3. The van der Waals surface area contributed by atoms with E-state index < -0.39 is 65.6 Å². The van der Waals surface area contributed by atoms with Crippen LogP contribution >= 0.6 is 0 Å². The van der Waals surface area contributed by atoms with Gasteiger partial charge in [0.15, 0.2) is 6.04 Å². The van der Waals surface area contributed by atoms with Crippen molar-refractivity contribution in [1.29, 1.82) is 0 Å². The first-order valence-corrected chi connectivity index (χ1v) is 10.4. The van der Waals surface area contributed by atoms with Crippen LogP contribution < -0.4 is 5.32 Å². The van der Waals surface area contributed by atoms with Gasteiger partial charge in [-0.3, -0.25) is 4.79 Å². The minimum atomic E-state index is -5.18. The van der Waals surface area contributed by atoms with Gasteiger partial charge in [0.05, 0.1) is 6.61 Å². The minimum Gasteiger partial charge on any atom is -0.458 e. The molecule has 0 bridgehead atoms. The second-order valence-corrected chi connectivity index (χ2v) is 9.41. The summed E-state index contributed by atoms with van der Waals surface area (Å²) in [5, 5.41) is 2.02. The van der Waals surface area contributed by atoms with Gasteiger partial charge in [0.2, 0.25) is 0 Å². The fourth-order valence-electron chi connectivity index (χ4n) is 2.86. The molecule has 2 atom stereocenters. The zero-order chi connectivity index (χ0) is 26.4. The number of carbonyl (C=O) groups is 3. The van der Waals surface area contributed by atoms with Crippen molar-refractivity contribution in [3.8, 4) is 0 Å². The molecule has 0 fully saturated rings. The van der Waals surface area contributed by atoms with E-state index in [1.807, 2.05) is 5.32 Å². The molecular formula is C23H32F3NO7. The topological polar surface area (TPSA) is 100 Å². The van der Waals surface area contributed by atoms with Crippen LogP contribution in [-0.2, 0) is 38.9 Å². The van der Waals surface area contributed by atoms with E-state index in [0.717, 1.165) is 19.2 Å². The molecule has 1 rings (SSSR count). The Labute approximate surface area is 197 Å². The van der Waals surface area contributed by atoms with Crippen molar-refractivity contribution in [2.24, 2.45) is 0 Å². The summed E-state index contributed by atoms with van der Waals surface area (Å²) >= 11 is 0. The largest absolute Gasteiger partial charge is 0.458 e. The van der Waals surface area contributed by atoms with Gasteiger partial charge in [-0.25, -0.2) is 9.59 Å². The quantitative estimate of drug-likeness (QED) is 0.529. The lowest BCUT2D eigenvalue weighted by atomic mass is 9.91. The summed E-state index contributed by atoms with van der Waals surface area (Å²) in [7, 11) is 0.738. The van der Waals surface area contributed by atoms with Crippen molar-refractivity contribution in [1.82, 2.24) is 5.32 Å². The highest BCUT2D eigenvalue weighted by Crippen LogP contribution is 2.42. The number of esters is 2. The number of carbonyl (C=O) groups excluding carboxylic acids is 3. The van der Waals surface area contributed by atoms with Gasteiger partial charge >= 0.3 is 18.1 Å². The lowest BCUT2D eigenvalue weighted by molar-refractivity contribution is -0.266. The maximum absolute atomic E-state index is 14.2. The molecule has 0 aliphatic rings. The molecule has 0 unspecified atom stereocenters. The van der Waals surface area contributed by atoms with Gasteiger partial charge in [-0.05, 0) is 41.5 Å². The first-order valence-electron chi connectivity index (χ1n) is 10.4. The molecule has 34 heavy (non-hydrogen) atoms. The van der Waals surface area contributed by atoms with Crippen LogP contribution in [0, 0.1) is 0 Å². The Morgan fingerprint density at radius 3 is 1.88 bits per heavy atom. The number of methoxy groups -OCH3 is 1. The van der Waals surface area contributed by atoms with Crippen LogP contribution in [0.25, 0.3) is 0 Å². The number of ether oxygens (including phenoxy) is 4. The van der Waals surface area contributed by atoms with E-state index in [2.05, 4.69) is 0 Å². The molecular weight excluding hydrogens is 459 g/mol. The Hall–Kier alpha value is -2.66. The van der Waals surface area contributed by atoms with Crippen LogP contribution in [0.2, 0.25) is 0 Å². The molecule has 192 valence electrons. The lowest BCUT2D eigenvalue weighted by Crippen LogP contribution is -2.59. The number of rotatable bonds is 9. The van der Waals surface area contributed by atoms with E-state index >= 15 is 0 Å². The Balaban J connectivity index is 3.19. The molecule has 0 aromatic heterocycles. The molecule has 11 heteroatoms. The van der Waals surface area contributed by atoms with Gasteiger partial charge in [0.1, 0.15) is 17.8 Å². The van der Waals surface area contributed by atoms with Crippen molar-refractivity contribution in [2.75, 3.05) is 20.3 Å². The molecule has 0 heterocycles. The van der Waals surface area contributed by atoms with Gasteiger partial charge in [-0.2, -0.15) is 13.2 Å². The molecule has 8 nitrogen and oxygen atoms in total. The summed E-state index contributed by atoms with van der Waals surface area (Å²) in [4.78, 5) is 37.5. The second kappa shape index (κ2) is 11.2. The second-order valence-electron chi connectivity index (χ2n) is 9.41. The minimum absolute atomic E-state index is 0.486. The van der Waals surface area contributed by atoms with E-state index in [4.69, 9.17) is 18.9 Å². The number of amides is 1. The fraction of sp³-hybridized carbons (Fsp3) is 0.609. The number of nitrogens with one attached hydrogen (secondary N) is 1. The predicted molar refractivity (Wildman–Crippen MR) is 116 cm³/mol. The van der Waals surface area contributed by atoms with Gasteiger partial charge in [-0.15, -0.1) is 0 Å². The average molecular weight is 492 g/mol. The fourth-order valence-corrected chi connectivity index (χ4v) is 2.86. The molecule has 0 saturated carbocycles. The van der Waals surface area contributed by atoms with Crippen LogP contribution in [0.4, 0.5) is 13.2 Å². The van der Waals surface area contributed by atoms with Crippen molar-refractivity contribution >= 4 is 17.8 Å². The van der Waals surface area contributed by atoms with Crippen molar-refractivity contribution in [2.45, 2.75) is 70.6 Å². The smallest absolute Gasteiger partial charge is 0.430 e. The molecule has 0 aliphatic carbocycles. The van der Waals surface area contributed by atoms with Crippen molar-refractivity contribution < 1.29 is 46.5 Å². The predicted octanol–water partition coefficient (Wildman–Crippen LogP) is 3.28. The summed E-state index contributed by atoms with van der Waals surface area (Å²) in [6, 6.07) is 4.60. The standard InChI is InChI=1S/C23H32F3NO7/c1-20(2,3)33-17(28)14-32-13-16(18(29)34-21(4,5)6)27-19(30)22(31-7,23(24,25)26)15-11-9-8-10-12-15/h8-12,16H,13-14H2,1-7H3,(H,27,30)/t16-,22-/m0/s1. The average Bonchev–Trinajstić information content (AvgIpc) is 2.65. The Morgan fingerprint density at radius 2 is 1.44 bits per heavy atom. The molecule has 0 radical (unpaired) electrons. The third-order valence-electron chi connectivity index (χ3n) is 4.13. The molecule has 0 aliphatic heterocycles. The van der Waals surface area contributed by atoms with Gasteiger partial charge in [0.25, 0.3) is 11.5 Å². The zero-order valence-corrected chi connectivity index (χ0v) is 20.4. The summed E-state index contributed by atoms with van der Waals surface area (Å²) in [5.74, 6) is -3.46. The Bertz CT molecular complexity index is 845. The number of hydrogen-bond donors (Lipinski definition) is 1. The van der Waals surface area contributed by atoms with Crippen LogP contribution in [0.5, 0.6) is 0 Å². The van der Waals surface area contributed by atoms with E-state index in [0.29, 0.717) is 0 Å². The first kappa shape index (κ1) is 29.4. The molecule has 1 amide bonds. The van der Waals surface area contributed by atoms with Crippen LogP contribution in [-0.4, -0.2) is 61.6 Å². The van der Waals surface area contributed by atoms with Crippen molar-refractivity contribution in [3.05, 3.63) is 35.9 Å². The molecule has 0 spiro atoms. The molecule has 0 saturated heterocycles. The Morgan fingerprint density at radius 1 is 0.912 bits per heavy atom. The monoisotopic (exact) mass is 491 g/mol. The highest BCUT2D eigenvalue weighted by Gasteiger charge is 2.63. The third kappa shape index (κ3) is 8.28. The van der Waals surface area contributed by atoms with Gasteiger partial charge in [0, 0.05) is 12.7 Å². The summed E-state index contributed by atoms with van der Waals surface area (Å²) in [6.45, 7) is 8.31. The van der Waals surface area contributed by atoms with Crippen LogP contribution in [0.15, 0.2) is 30.3 Å². The van der Waals surface area contributed by atoms with Crippen molar-refractivity contribution in [3.63, 3.8) is 0 Å². The number of benzene rings is 1. The molecule has 1 N–H and O–H groups in total. The lowest BCUT2D eigenvalue weighted by Gasteiger charge is -2.34. The van der Waals surface area contributed by atoms with Gasteiger partial charge < -0.3 is 24.3 Å². The van der Waals surface area contributed by atoms with E-state index in [1.54, 1.807) is 41.5 Å². The van der Waals surface area contributed by atoms with Gasteiger partial charge in [-0.1, -0.05) is 30.3 Å². The molecule has 1 aromatic carbocycles. The summed E-state index contributed by atoms with van der Waals surface area (Å²) in [5.41, 5.74) is -5.69. The highest BCUT2D eigenvalue weighted by molar-refractivity contribution is 5.91. The van der Waals surface area contributed by atoms with E-state index in [1.165, 1.54) is 18.2 Å². The van der Waals surface area contributed by atoms with E-state index in [9.17, 15) is 27.6 Å². The zero-order valence-electron chi connectivity index (χ0n) is 20.4. The normalized spacial score (nSPS) is 15.1. The maximum atomic E-state index is 14.2. The third-order valence-corrected chi connectivity index (χ3v) is 4.13. The SMILES string of the molecule is CO[C@](C(=O)N[C@@H](COCC(=O)OC(C)(C)C)C(=O)OC(C)(C)C)(c1ccccc1)C(F)(F)F. The first-order chi connectivity index (χ1) is 15.4. The van der Waals surface area contributed by atoms with Crippen LogP contribution in [0.3, 0.4) is 0 Å². The molecule has 1 aromatic rings.